The van der Waals surface area contributed by atoms with Crippen molar-refractivity contribution in [2.24, 2.45) is 0 Å². The Kier molecular flexibility index (Phi) is 6.54. The van der Waals surface area contributed by atoms with Crippen molar-refractivity contribution in [1.82, 2.24) is 0 Å². The predicted octanol–water partition coefficient (Wildman–Crippen LogP) is 3.21. The maximum atomic E-state index is 12.3. The van der Waals surface area contributed by atoms with E-state index in [1.807, 2.05) is 0 Å². The van der Waals surface area contributed by atoms with Gasteiger partial charge in [-0.05, 0) is 34.9 Å². The van der Waals surface area contributed by atoms with E-state index in [0.29, 0.717) is 0 Å². The molecule has 0 saturated heterocycles. The van der Waals surface area contributed by atoms with Crippen molar-refractivity contribution in [3.8, 4) is 22.3 Å². The number of carbonyl (C=O) groups is 6. The minimum absolute atomic E-state index is 0.345. The number of carboxylic acids is 6. The summed E-state index contributed by atoms with van der Waals surface area (Å²) < 4.78 is 0. The Bertz CT molecular complexity index is 1500. The van der Waals surface area contributed by atoms with E-state index in [1.165, 1.54) is 0 Å². The summed E-state index contributed by atoms with van der Waals surface area (Å²) in [5.74, 6) is -10.4. The van der Waals surface area contributed by atoms with Gasteiger partial charge in [-0.3, -0.25) is 0 Å². The highest BCUT2D eigenvalue weighted by molar-refractivity contribution is 6.16. The van der Waals surface area contributed by atoms with Gasteiger partial charge in [-0.25, -0.2) is 28.8 Å². The van der Waals surface area contributed by atoms with Gasteiger partial charge in [-0.1, -0.05) is 30.3 Å². The lowest BCUT2D eigenvalue weighted by atomic mass is 9.83. The van der Waals surface area contributed by atoms with E-state index >= 15 is 0 Å². The molecule has 0 aliphatic rings. The van der Waals surface area contributed by atoms with Crippen LogP contribution < -0.4 is 0 Å². The van der Waals surface area contributed by atoms with Gasteiger partial charge in [0.25, 0.3) is 0 Å². The molecule has 0 saturated carbocycles. The molecule has 182 valence electrons. The zero-order valence-corrected chi connectivity index (χ0v) is 17.8. The fraction of sp³-hybridized carbons (Fsp3) is 0. The van der Waals surface area contributed by atoms with Crippen molar-refractivity contribution in [1.29, 1.82) is 0 Å². The topological polar surface area (TPSA) is 224 Å². The van der Waals surface area contributed by atoms with Gasteiger partial charge in [0.15, 0.2) is 0 Å². The summed E-state index contributed by atoms with van der Waals surface area (Å²) >= 11 is 0. The summed E-state index contributed by atoms with van der Waals surface area (Å²) in [5.41, 5.74) is -6.71. The Labute approximate surface area is 199 Å². The minimum Gasteiger partial charge on any atom is -0.478 e. The quantitative estimate of drug-likeness (QED) is 0.265. The van der Waals surface area contributed by atoms with Crippen LogP contribution in [0.2, 0.25) is 0 Å². The SMILES string of the molecule is O=C(O)c1cccc(-c2ccc(C(=O)O)c(C(=O)O)c2-c2cccc(C(=O)O)c2C(=O)O)c1C(=O)O. The third-order valence-corrected chi connectivity index (χ3v) is 5.23. The average Bonchev–Trinajstić information content (AvgIpc) is 2.81. The standard InChI is InChI=1S/C24H14O12/c25-19(26)12-5-1-3-9(16(12)22(31)32)10-7-8-14(21(29)30)18(24(35)36)15(10)11-4-2-6-13(20(27)28)17(11)23(33)34/h1-8H,(H,25,26)(H,27,28)(H,29,30)(H,31,32)(H,33,34)(H,35,36). The maximum absolute atomic E-state index is 12.3. The summed E-state index contributed by atoms with van der Waals surface area (Å²) in [5, 5.41) is 58.0. The zero-order valence-electron chi connectivity index (χ0n) is 17.8. The van der Waals surface area contributed by atoms with Crippen LogP contribution in [0.1, 0.15) is 62.1 Å². The molecule has 0 aliphatic carbocycles. The van der Waals surface area contributed by atoms with E-state index in [4.69, 9.17) is 0 Å². The van der Waals surface area contributed by atoms with Gasteiger partial charge >= 0.3 is 35.8 Å². The first-order valence-corrected chi connectivity index (χ1v) is 9.72. The molecule has 0 aliphatic heterocycles. The van der Waals surface area contributed by atoms with Crippen molar-refractivity contribution >= 4 is 35.8 Å². The van der Waals surface area contributed by atoms with Crippen LogP contribution in [0.3, 0.4) is 0 Å². The molecule has 0 spiro atoms. The van der Waals surface area contributed by atoms with Crippen molar-refractivity contribution in [2.45, 2.75) is 0 Å². The van der Waals surface area contributed by atoms with Gasteiger partial charge in [0.05, 0.1) is 33.4 Å². The average molecular weight is 494 g/mol. The second kappa shape index (κ2) is 9.38. The van der Waals surface area contributed by atoms with Crippen molar-refractivity contribution in [3.05, 3.63) is 81.9 Å². The first kappa shape index (κ1) is 25.1. The van der Waals surface area contributed by atoms with Gasteiger partial charge < -0.3 is 30.6 Å². The van der Waals surface area contributed by atoms with E-state index < -0.39 is 80.3 Å². The molecule has 0 aromatic heterocycles. The Balaban J connectivity index is 2.67. The number of aromatic carboxylic acids is 6. The number of hydrogen-bond donors (Lipinski definition) is 6. The Morgan fingerprint density at radius 2 is 0.778 bits per heavy atom. The lowest BCUT2D eigenvalue weighted by molar-refractivity contribution is 0.0650. The van der Waals surface area contributed by atoms with Crippen LogP contribution in [-0.4, -0.2) is 66.5 Å². The zero-order chi connectivity index (χ0) is 26.9. The van der Waals surface area contributed by atoms with Crippen molar-refractivity contribution in [2.75, 3.05) is 0 Å². The van der Waals surface area contributed by atoms with E-state index in [2.05, 4.69) is 0 Å². The molecule has 0 fully saturated rings. The molecule has 0 unspecified atom stereocenters. The van der Waals surface area contributed by atoms with Gasteiger partial charge in [-0.2, -0.15) is 0 Å². The van der Waals surface area contributed by atoms with Crippen LogP contribution in [0.5, 0.6) is 0 Å². The highest BCUT2D eigenvalue weighted by Crippen LogP contribution is 2.41. The van der Waals surface area contributed by atoms with Gasteiger partial charge in [0.1, 0.15) is 0 Å². The summed E-state index contributed by atoms with van der Waals surface area (Å²) in [7, 11) is 0. The summed E-state index contributed by atoms with van der Waals surface area (Å²) in [4.78, 5) is 71.6. The van der Waals surface area contributed by atoms with Crippen LogP contribution in [0, 0.1) is 0 Å². The fourth-order valence-corrected chi connectivity index (χ4v) is 3.86. The lowest BCUT2D eigenvalue weighted by Crippen LogP contribution is -2.15. The first-order chi connectivity index (χ1) is 16.9. The van der Waals surface area contributed by atoms with E-state index in [0.717, 1.165) is 48.5 Å². The molecular formula is C24H14O12. The normalized spacial score (nSPS) is 10.4. The second-order valence-corrected chi connectivity index (χ2v) is 7.20. The minimum atomic E-state index is -1.84. The molecule has 0 amide bonds. The van der Waals surface area contributed by atoms with Crippen LogP contribution in [0.25, 0.3) is 22.3 Å². The smallest absolute Gasteiger partial charge is 0.337 e. The summed E-state index contributed by atoms with van der Waals surface area (Å²) in [6.07, 6.45) is 0. The van der Waals surface area contributed by atoms with Gasteiger partial charge in [0.2, 0.25) is 0 Å². The molecule has 12 nitrogen and oxygen atoms in total. The molecule has 0 radical (unpaired) electrons. The number of benzene rings is 3. The number of rotatable bonds is 8. The molecule has 3 aromatic carbocycles. The summed E-state index contributed by atoms with van der Waals surface area (Å²) in [6, 6.07) is 8.17. The third-order valence-electron chi connectivity index (χ3n) is 5.23. The largest absolute Gasteiger partial charge is 0.478 e. The fourth-order valence-electron chi connectivity index (χ4n) is 3.86. The van der Waals surface area contributed by atoms with Crippen molar-refractivity contribution < 1.29 is 59.4 Å². The number of carboxylic acid groups (broad SMARTS) is 6. The van der Waals surface area contributed by atoms with Crippen LogP contribution in [0.15, 0.2) is 48.5 Å². The lowest BCUT2D eigenvalue weighted by Gasteiger charge is -2.19. The molecule has 0 atom stereocenters. The Morgan fingerprint density at radius 1 is 0.389 bits per heavy atom. The molecule has 0 bridgehead atoms. The van der Waals surface area contributed by atoms with E-state index in [1.54, 1.807) is 0 Å². The highest BCUT2D eigenvalue weighted by Gasteiger charge is 2.31. The summed E-state index contributed by atoms with van der Waals surface area (Å²) in [6.45, 7) is 0. The molecule has 3 rings (SSSR count). The molecule has 0 heterocycles. The van der Waals surface area contributed by atoms with Crippen molar-refractivity contribution in [3.63, 3.8) is 0 Å². The third kappa shape index (κ3) is 4.21. The molecular weight excluding hydrogens is 480 g/mol. The molecule has 6 N–H and O–H groups in total. The molecule has 12 heteroatoms. The van der Waals surface area contributed by atoms with Gasteiger partial charge in [-0.15, -0.1) is 0 Å². The van der Waals surface area contributed by atoms with E-state index in [9.17, 15) is 59.4 Å². The highest BCUT2D eigenvalue weighted by atomic mass is 16.4. The number of hydrogen-bond acceptors (Lipinski definition) is 6. The van der Waals surface area contributed by atoms with Crippen LogP contribution in [-0.2, 0) is 0 Å². The maximum Gasteiger partial charge on any atom is 0.337 e. The molecule has 3 aromatic rings. The predicted molar refractivity (Wildman–Crippen MR) is 119 cm³/mol. The Morgan fingerprint density at radius 3 is 1.19 bits per heavy atom. The first-order valence-electron chi connectivity index (χ1n) is 9.72. The molecule has 36 heavy (non-hydrogen) atoms. The Hall–Kier alpha value is -5.52. The van der Waals surface area contributed by atoms with Gasteiger partial charge in [0, 0.05) is 5.56 Å². The van der Waals surface area contributed by atoms with Crippen LogP contribution in [0.4, 0.5) is 0 Å². The monoisotopic (exact) mass is 494 g/mol. The van der Waals surface area contributed by atoms with E-state index in [-0.39, 0.29) is 11.1 Å². The van der Waals surface area contributed by atoms with Crippen LogP contribution >= 0.6 is 0 Å². The second-order valence-electron chi connectivity index (χ2n) is 7.20.